The summed E-state index contributed by atoms with van der Waals surface area (Å²) < 4.78 is 42.0. The molecule has 1 aliphatic heterocycles. The van der Waals surface area contributed by atoms with E-state index in [1.807, 2.05) is 12.1 Å². The van der Waals surface area contributed by atoms with Crippen LogP contribution in [0.15, 0.2) is 36.4 Å². The maximum absolute atomic E-state index is 14.0. The van der Waals surface area contributed by atoms with Gasteiger partial charge in [0, 0.05) is 12.0 Å². The van der Waals surface area contributed by atoms with E-state index < -0.39 is 23.7 Å². The van der Waals surface area contributed by atoms with Crippen LogP contribution in [0, 0.1) is 0 Å². The molecule has 0 aliphatic carbocycles. The van der Waals surface area contributed by atoms with Crippen LogP contribution in [-0.4, -0.2) is 22.6 Å². The SMILES string of the molecule is CCCCCCc1ccc2cc([C@H](N3NC(=O)CC3(C)C)C(F)(F)F)ccc2c1. The lowest BCUT2D eigenvalue weighted by atomic mass is 9.95. The van der Waals surface area contributed by atoms with Gasteiger partial charge in [-0.05, 0) is 54.7 Å². The molecule has 0 unspecified atom stereocenters. The minimum atomic E-state index is -4.51. The number of unbranched alkanes of at least 4 members (excludes halogenated alkanes) is 3. The second kappa shape index (κ2) is 8.34. The first kappa shape index (κ1) is 21.6. The minimum Gasteiger partial charge on any atom is -0.287 e. The molecule has 1 aliphatic rings. The van der Waals surface area contributed by atoms with Crippen molar-refractivity contribution in [3.63, 3.8) is 0 Å². The Bertz CT molecular complexity index is 876. The fraction of sp³-hybridized carbons (Fsp3) is 0.522. The number of alkyl halides is 3. The van der Waals surface area contributed by atoms with E-state index in [2.05, 4.69) is 18.4 Å². The number of carbonyl (C=O) groups excluding carboxylic acids is 1. The average Bonchev–Trinajstić information content (AvgIpc) is 2.89. The summed E-state index contributed by atoms with van der Waals surface area (Å²) in [5, 5.41) is 2.77. The molecular formula is C23H29F3N2O. The second-order valence-corrected chi connectivity index (χ2v) is 8.59. The van der Waals surface area contributed by atoms with Crippen molar-refractivity contribution in [1.29, 1.82) is 0 Å². The van der Waals surface area contributed by atoms with E-state index in [9.17, 15) is 18.0 Å². The predicted octanol–water partition coefficient (Wildman–Crippen LogP) is 6.08. The van der Waals surface area contributed by atoms with Gasteiger partial charge in [0.15, 0.2) is 6.04 Å². The van der Waals surface area contributed by atoms with Crippen molar-refractivity contribution in [2.24, 2.45) is 0 Å². The van der Waals surface area contributed by atoms with Crippen molar-refractivity contribution in [2.75, 3.05) is 0 Å². The first-order valence-corrected chi connectivity index (χ1v) is 10.3. The molecule has 0 aromatic heterocycles. The van der Waals surface area contributed by atoms with E-state index >= 15 is 0 Å². The molecule has 3 nitrogen and oxygen atoms in total. The van der Waals surface area contributed by atoms with Crippen LogP contribution >= 0.6 is 0 Å². The summed E-state index contributed by atoms with van der Waals surface area (Å²) in [6.07, 6.45) is 1.23. The fourth-order valence-corrected chi connectivity index (χ4v) is 4.10. The quantitative estimate of drug-likeness (QED) is 0.565. The van der Waals surface area contributed by atoms with Crippen molar-refractivity contribution in [1.82, 2.24) is 10.4 Å². The third-order valence-electron chi connectivity index (χ3n) is 5.62. The van der Waals surface area contributed by atoms with Crippen LogP contribution in [0.3, 0.4) is 0 Å². The monoisotopic (exact) mass is 406 g/mol. The van der Waals surface area contributed by atoms with Crippen LogP contribution in [0.5, 0.6) is 0 Å². The zero-order valence-electron chi connectivity index (χ0n) is 17.3. The number of nitrogens with zero attached hydrogens (tertiary/aromatic N) is 1. The lowest BCUT2D eigenvalue weighted by Gasteiger charge is -2.38. The molecule has 1 fully saturated rings. The van der Waals surface area contributed by atoms with Crippen LogP contribution in [0.1, 0.15) is 70.0 Å². The van der Waals surface area contributed by atoms with Crippen molar-refractivity contribution in [3.8, 4) is 0 Å². The van der Waals surface area contributed by atoms with Crippen LogP contribution in [0.2, 0.25) is 0 Å². The molecule has 0 bridgehead atoms. The second-order valence-electron chi connectivity index (χ2n) is 8.59. The maximum Gasteiger partial charge on any atom is 0.409 e. The highest BCUT2D eigenvalue weighted by atomic mass is 19.4. The van der Waals surface area contributed by atoms with Crippen molar-refractivity contribution < 1.29 is 18.0 Å². The Morgan fingerprint density at radius 2 is 1.76 bits per heavy atom. The number of benzene rings is 2. The number of nitrogens with one attached hydrogen (secondary N) is 1. The molecule has 1 heterocycles. The Hall–Kier alpha value is -2.08. The molecule has 2 aromatic rings. The van der Waals surface area contributed by atoms with Gasteiger partial charge in [-0.15, -0.1) is 0 Å². The average molecular weight is 406 g/mol. The third kappa shape index (κ3) is 4.92. The molecule has 1 atom stereocenters. The summed E-state index contributed by atoms with van der Waals surface area (Å²) in [6.45, 7) is 5.47. The molecule has 2 aromatic carbocycles. The Morgan fingerprint density at radius 3 is 2.38 bits per heavy atom. The van der Waals surface area contributed by atoms with Crippen molar-refractivity contribution >= 4 is 16.7 Å². The normalized spacial score (nSPS) is 18.2. The smallest absolute Gasteiger partial charge is 0.287 e. The molecular weight excluding hydrogens is 377 g/mol. The number of hydrogen-bond acceptors (Lipinski definition) is 2. The molecule has 0 radical (unpaired) electrons. The Kier molecular flexibility index (Phi) is 6.22. The van der Waals surface area contributed by atoms with Crippen LogP contribution in [-0.2, 0) is 11.2 Å². The van der Waals surface area contributed by atoms with Gasteiger partial charge in [-0.2, -0.15) is 18.2 Å². The third-order valence-corrected chi connectivity index (χ3v) is 5.62. The van der Waals surface area contributed by atoms with Crippen molar-refractivity contribution in [2.45, 2.75) is 77.1 Å². The maximum atomic E-state index is 14.0. The largest absolute Gasteiger partial charge is 0.409 e. The van der Waals surface area contributed by atoms with Gasteiger partial charge in [-0.3, -0.25) is 10.2 Å². The Morgan fingerprint density at radius 1 is 1.07 bits per heavy atom. The first-order chi connectivity index (χ1) is 13.6. The minimum absolute atomic E-state index is 0.0363. The highest BCUT2D eigenvalue weighted by Crippen LogP contribution is 2.43. The van der Waals surface area contributed by atoms with Gasteiger partial charge in [-0.25, -0.2) is 0 Å². The standard InChI is InChI=1S/C23H29F3N2O/c1-4-5-6-7-8-16-9-10-18-14-19(12-11-17(18)13-16)21(23(24,25)26)28-22(2,3)15-20(29)27-28/h9-14,21H,4-8,15H2,1-3H3,(H,27,29)/t21-/m0/s1. The molecule has 3 rings (SSSR count). The van der Waals surface area contributed by atoms with Gasteiger partial charge >= 0.3 is 6.18 Å². The summed E-state index contributed by atoms with van der Waals surface area (Å²) in [5.41, 5.74) is 2.84. The molecule has 29 heavy (non-hydrogen) atoms. The van der Waals surface area contributed by atoms with Crippen LogP contribution in [0.25, 0.3) is 10.8 Å². The van der Waals surface area contributed by atoms with E-state index in [4.69, 9.17) is 0 Å². The van der Waals surface area contributed by atoms with Gasteiger partial charge in [-0.1, -0.05) is 56.5 Å². The lowest BCUT2D eigenvalue weighted by molar-refractivity contribution is -0.203. The van der Waals surface area contributed by atoms with Crippen LogP contribution in [0.4, 0.5) is 13.2 Å². The summed E-state index contributed by atoms with van der Waals surface area (Å²) in [5.74, 6) is -0.391. The zero-order valence-corrected chi connectivity index (χ0v) is 17.3. The molecule has 1 N–H and O–H groups in total. The van der Waals surface area contributed by atoms with Crippen LogP contribution < -0.4 is 5.43 Å². The van der Waals surface area contributed by atoms with Gasteiger partial charge in [0.2, 0.25) is 5.91 Å². The van der Waals surface area contributed by atoms with Gasteiger partial charge in [0.25, 0.3) is 0 Å². The fourth-order valence-electron chi connectivity index (χ4n) is 4.10. The van der Waals surface area contributed by atoms with E-state index in [1.165, 1.54) is 30.9 Å². The number of aryl methyl sites for hydroxylation is 1. The summed E-state index contributed by atoms with van der Waals surface area (Å²) >= 11 is 0. The molecule has 158 valence electrons. The Balaban J connectivity index is 1.89. The molecule has 0 spiro atoms. The summed E-state index contributed by atoms with van der Waals surface area (Å²) in [6, 6.07) is 8.95. The summed E-state index contributed by atoms with van der Waals surface area (Å²) in [4.78, 5) is 11.8. The highest BCUT2D eigenvalue weighted by molar-refractivity contribution is 5.84. The first-order valence-electron chi connectivity index (χ1n) is 10.3. The summed E-state index contributed by atoms with van der Waals surface area (Å²) in [7, 11) is 0. The number of halogens is 3. The number of hydrogen-bond donors (Lipinski definition) is 1. The highest BCUT2D eigenvalue weighted by Gasteiger charge is 2.52. The van der Waals surface area contributed by atoms with Gasteiger partial charge < -0.3 is 0 Å². The zero-order chi connectivity index (χ0) is 21.2. The molecule has 0 saturated carbocycles. The number of fused-ring (bicyclic) bond motifs is 1. The Labute approximate surface area is 170 Å². The van der Waals surface area contributed by atoms with E-state index in [-0.39, 0.29) is 12.0 Å². The van der Waals surface area contributed by atoms with E-state index in [0.717, 1.165) is 28.6 Å². The topological polar surface area (TPSA) is 32.3 Å². The van der Waals surface area contributed by atoms with E-state index in [0.29, 0.717) is 0 Å². The molecule has 1 amide bonds. The van der Waals surface area contributed by atoms with Gasteiger partial charge in [0.05, 0.1) is 0 Å². The molecule has 6 heteroatoms. The number of hydrazine groups is 1. The lowest BCUT2D eigenvalue weighted by Crippen LogP contribution is -2.51. The molecule has 1 saturated heterocycles. The predicted molar refractivity (Wildman–Crippen MR) is 109 cm³/mol. The van der Waals surface area contributed by atoms with E-state index in [1.54, 1.807) is 26.0 Å². The van der Waals surface area contributed by atoms with Crippen molar-refractivity contribution in [3.05, 3.63) is 47.5 Å². The number of amides is 1. The number of carbonyl (C=O) groups is 1. The number of rotatable bonds is 7. The van der Waals surface area contributed by atoms with Gasteiger partial charge in [0.1, 0.15) is 0 Å².